The van der Waals surface area contributed by atoms with Gasteiger partial charge in [0.2, 0.25) is 6.54 Å². The number of methoxy groups -OCH3 is 1. The summed E-state index contributed by atoms with van der Waals surface area (Å²) < 4.78 is 7.32. The van der Waals surface area contributed by atoms with Gasteiger partial charge < -0.3 is 4.74 Å². The molecule has 1 saturated carbocycles. The number of likely N-dealkylation sites (tertiary alicyclic amines) is 1. The second-order valence-electron chi connectivity index (χ2n) is 9.51. The number of hydrogen-bond acceptors (Lipinski definition) is 4. The Morgan fingerprint density at radius 3 is 2.59 bits per heavy atom. The van der Waals surface area contributed by atoms with Gasteiger partial charge in [0.15, 0.2) is 6.21 Å². The lowest BCUT2D eigenvalue weighted by Crippen LogP contribution is -2.63. The maximum atomic E-state index is 13.4. The standard InChI is InChI=1S/C24H33Cl2N3O3/c1-29(24(31)32-2)13-12-28(23(30)15-17-8-9-19(25)20(26)14-17)16-18-21(6-5-7-22(18)29)27-10-3-4-11-27/h8-9,14,16,18,21-22H,3-7,10-13,15H2,1-2H3/q+2. The summed E-state index contributed by atoms with van der Waals surface area (Å²) in [4.78, 5) is 28.9. The predicted molar refractivity (Wildman–Crippen MR) is 126 cm³/mol. The molecule has 1 aromatic carbocycles. The molecule has 6 nitrogen and oxygen atoms in total. The second kappa shape index (κ2) is 9.80. The third kappa shape index (κ3) is 4.60. The van der Waals surface area contributed by atoms with Gasteiger partial charge in [-0.3, -0.25) is 4.90 Å². The van der Waals surface area contributed by atoms with E-state index in [0.29, 0.717) is 29.2 Å². The van der Waals surface area contributed by atoms with Crippen LogP contribution in [0.3, 0.4) is 0 Å². The molecule has 2 amide bonds. The zero-order valence-electron chi connectivity index (χ0n) is 18.9. The van der Waals surface area contributed by atoms with Crippen LogP contribution in [0.25, 0.3) is 0 Å². The number of carbonyl (C=O) groups excluding carboxylic acids is 2. The maximum absolute atomic E-state index is 13.4. The summed E-state index contributed by atoms with van der Waals surface area (Å²) in [5.41, 5.74) is 0.837. The van der Waals surface area contributed by atoms with Crippen LogP contribution >= 0.6 is 23.2 Å². The van der Waals surface area contributed by atoms with Gasteiger partial charge in [0.05, 0.1) is 30.6 Å². The molecule has 2 fully saturated rings. The van der Waals surface area contributed by atoms with E-state index < -0.39 is 0 Å². The number of likely N-dealkylation sites (N-methyl/N-ethyl adjacent to an activating group) is 1. The Morgan fingerprint density at radius 2 is 1.91 bits per heavy atom. The third-order valence-corrected chi connectivity index (χ3v) is 8.38. The number of quaternary nitrogens is 1. The van der Waals surface area contributed by atoms with E-state index in [1.165, 1.54) is 20.0 Å². The molecule has 0 aromatic heterocycles. The average molecular weight is 482 g/mol. The molecular formula is C24H33Cl2N3O3+2. The highest BCUT2D eigenvalue weighted by atomic mass is 35.5. The fourth-order valence-corrected chi connectivity index (χ4v) is 6.19. The summed E-state index contributed by atoms with van der Waals surface area (Å²) in [5, 5.41) is 0.932. The summed E-state index contributed by atoms with van der Waals surface area (Å²) >= 11 is 12.2. The van der Waals surface area contributed by atoms with Gasteiger partial charge >= 0.3 is 12.0 Å². The van der Waals surface area contributed by atoms with Crippen molar-refractivity contribution in [3.8, 4) is 0 Å². The fourth-order valence-electron chi connectivity index (χ4n) is 5.87. The van der Waals surface area contributed by atoms with E-state index in [9.17, 15) is 9.59 Å². The number of hydrogen-bond donors (Lipinski definition) is 0. The summed E-state index contributed by atoms with van der Waals surface area (Å²) in [6.07, 6.45) is 7.78. The Balaban J connectivity index is 1.65. The van der Waals surface area contributed by atoms with Gasteiger partial charge in [-0.25, -0.2) is 9.28 Å². The molecule has 0 N–H and O–H groups in total. The van der Waals surface area contributed by atoms with Gasteiger partial charge in [0.1, 0.15) is 18.5 Å². The quantitative estimate of drug-likeness (QED) is 0.483. The highest BCUT2D eigenvalue weighted by Crippen LogP contribution is 2.37. The topological polar surface area (TPSA) is 49.6 Å². The summed E-state index contributed by atoms with van der Waals surface area (Å²) in [7, 11) is 3.44. The van der Waals surface area contributed by atoms with Gasteiger partial charge in [-0.2, -0.15) is 9.37 Å². The molecule has 0 radical (unpaired) electrons. The zero-order valence-corrected chi connectivity index (χ0v) is 20.4. The number of ether oxygens (including phenoxy) is 1. The molecule has 0 spiro atoms. The maximum Gasteiger partial charge on any atom is 0.515 e. The van der Waals surface area contributed by atoms with Gasteiger partial charge in [0.25, 0.3) is 0 Å². The van der Waals surface area contributed by atoms with E-state index in [2.05, 4.69) is 11.1 Å². The first-order valence-corrected chi connectivity index (χ1v) is 12.4. The van der Waals surface area contributed by atoms with Gasteiger partial charge in [-0.15, -0.1) is 0 Å². The number of rotatable bonds is 3. The first kappa shape index (κ1) is 23.7. The Labute approximate surface area is 200 Å². The van der Waals surface area contributed by atoms with E-state index in [1.54, 1.807) is 12.1 Å². The molecule has 1 aliphatic carbocycles. The van der Waals surface area contributed by atoms with Gasteiger partial charge in [-0.05, 0) is 56.5 Å². The largest absolute Gasteiger partial charge is 0.515 e. The number of nitrogens with zero attached hydrogens (tertiary/aromatic N) is 3. The number of fused-ring (bicyclic) bond motifs is 1. The summed E-state index contributed by atoms with van der Waals surface area (Å²) in [6.45, 7) is 3.23. The van der Waals surface area contributed by atoms with Crippen LogP contribution in [-0.2, 0) is 16.0 Å². The highest BCUT2D eigenvalue weighted by Gasteiger charge is 2.54. The lowest BCUT2D eigenvalue weighted by molar-refractivity contribution is -0.870. The first-order chi connectivity index (χ1) is 15.3. The van der Waals surface area contributed by atoms with Crippen molar-refractivity contribution in [3.63, 3.8) is 0 Å². The lowest BCUT2D eigenvalue weighted by Gasteiger charge is -2.44. The van der Waals surface area contributed by atoms with Crippen LogP contribution in [-0.4, -0.2) is 84.6 Å². The molecule has 4 rings (SSSR count). The van der Waals surface area contributed by atoms with Gasteiger partial charge in [0, 0.05) is 12.5 Å². The minimum absolute atomic E-state index is 0.0196. The number of halogens is 2. The van der Waals surface area contributed by atoms with Crippen LogP contribution in [0.1, 0.15) is 37.7 Å². The normalized spacial score (nSPS) is 30.9. The Kier molecular flexibility index (Phi) is 7.25. The molecular weight excluding hydrogens is 449 g/mol. The Morgan fingerprint density at radius 1 is 1.16 bits per heavy atom. The second-order valence-corrected chi connectivity index (χ2v) is 10.3. The van der Waals surface area contributed by atoms with Crippen LogP contribution in [0.2, 0.25) is 10.0 Å². The van der Waals surface area contributed by atoms with E-state index in [-0.39, 0.29) is 34.9 Å². The van der Waals surface area contributed by atoms with Crippen molar-refractivity contribution in [2.24, 2.45) is 5.92 Å². The number of carbonyl (C=O) groups is 2. The van der Waals surface area contributed by atoms with Crippen molar-refractivity contribution in [2.75, 3.05) is 40.3 Å². The molecule has 174 valence electrons. The molecule has 4 unspecified atom stereocenters. The van der Waals surface area contributed by atoms with Crippen LogP contribution in [0.5, 0.6) is 0 Å². The van der Waals surface area contributed by atoms with Crippen molar-refractivity contribution in [2.45, 2.75) is 50.6 Å². The zero-order chi connectivity index (χ0) is 22.9. The molecule has 2 heterocycles. The molecule has 32 heavy (non-hydrogen) atoms. The van der Waals surface area contributed by atoms with E-state index in [0.717, 1.165) is 37.9 Å². The molecule has 8 heteroatoms. The molecule has 1 aromatic rings. The number of amides is 2. The smallest absolute Gasteiger partial charge is 0.423 e. The predicted octanol–water partition coefficient (Wildman–Crippen LogP) is 4.01. The van der Waals surface area contributed by atoms with Gasteiger partial charge in [-0.1, -0.05) is 29.3 Å². The Hall–Kier alpha value is -1.47. The lowest BCUT2D eigenvalue weighted by atomic mass is 9.78. The summed E-state index contributed by atoms with van der Waals surface area (Å²) in [5.74, 6) is 0.150. The molecule has 4 atom stereocenters. The Bertz CT molecular complexity index is 916. The first-order valence-electron chi connectivity index (χ1n) is 11.6. The highest BCUT2D eigenvalue weighted by molar-refractivity contribution is 6.42. The fraction of sp³-hybridized carbons (Fsp3) is 0.625. The molecule has 0 bridgehead atoms. The van der Waals surface area contributed by atoms with Crippen LogP contribution in [0.15, 0.2) is 18.2 Å². The van der Waals surface area contributed by atoms with E-state index >= 15 is 0 Å². The van der Waals surface area contributed by atoms with Crippen LogP contribution in [0, 0.1) is 5.92 Å². The van der Waals surface area contributed by atoms with Crippen molar-refractivity contribution in [1.82, 2.24) is 4.90 Å². The average Bonchev–Trinajstić information content (AvgIpc) is 3.27. The summed E-state index contributed by atoms with van der Waals surface area (Å²) in [6, 6.07) is 5.80. The van der Waals surface area contributed by atoms with Crippen molar-refractivity contribution < 1.29 is 23.4 Å². The molecule has 2 aliphatic heterocycles. The monoisotopic (exact) mass is 481 g/mol. The minimum atomic E-state index is -0.214. The minimum Gasteiger partial charge on any atom is -0.423 e. The van der Waals surface area contributed by atoms with Crippen molar-refractivity contribution >= 4 is 41.4 Å². The van der Waals surface area contributed by atoms with E-state index in [4.69, 9.17) is 27.9 Å². The van der Waals surface area contributed by atoms with Crippen LogP contribution < -0.4 is 0 Å². The van der Waals surface area contributed by atoms with E-state index in [1.807, 2.05) is 17.7 Å². The third-order valence-electron chi connectivity index (χ3n) is 7.64. The van der Waals surface area contributed by atoms with Crippen molar-refractivity contribution in [3.05, 3.63) is 33.8 Å². The number of benzene rings is 1. The van der Waals surface area contributed by atoms with Crippen LogP contribution in [0.4, 0.5) is 4.79 Å². The van der Waals surface area contributed by atoms with Crippen molar-refractivity contribution in [1.29, 1.82) is 0 Å². The molecule has 1 saturated heterocycles. The molecule has 3 aliphatic rings. The SMILES string of the molecule is COC(=O)[N+]1(C)CC[N+](C(=O)Cc2ccc(Cl)c(Cl)c2)=CC2C(N3CCCC3)CCCC21.